The summed E-state index contributed by atoms with van der Waals surface area (Å²) in [6.07, 6.45) is 24.9. The topological polar surface area (TPSA) is 74.6 Å². The van der Waals surface area contributed by atoms with E-state index in [0.717, 1.165) is 5.92 Å². The molecule has 2 N–H and O–H groups in total. The second-order valence-electron chi connectivity index (χ2n) is 8.36. The van der Waals surface area contributed by atoms with E-state index >= 15 is 0 Å². The van der Waals surface area contributed by atoms with E-state index in [1.54, 1.807) is 0 Å². The van der Waals surface area contributed by atoms with Gasteiger partial charge in [0, 0.05) is 0 Å². The molecule has 0 rings (SSSR count). The van der Waals surface area contributed by atoms with Crippen molar-refractivity contribution in [3.05, 3.63) is 6.92 Å². The van der Waals surface area contributed by atoms with E-state index in [1.807, 2.05) is 0 Å². The van der Waals surface area contributed by atoms with Crippen LogP contribution in [0.3, 0.4) is 0 Å². The van der Waals surface area contributed by atoms with Gasteiger partial charge in [-0.1, -0.05) is 129 Å². The molecule has 0 aromatic carbocycles. The van der Waals surface area contributed by atoms with Crippen LogP contribution in [0.1, 0.15) is 137 Å². The van der Waals surface area contributed by atoms with Crippen LogP contribution in [-0.4, -0.2) is 22.2 Å². The number of hydrogen-bond donors (Lipinski definition) is 2. The number of hydrogen-bond acceptors (Lipinski definition) is 2. The van der Waals surface area contributed by atoms with Gasteiger partial charge in [-0.25, -0.2) is 0 Å². The number of rotatable bonds is 20. The third kappa shape index (κ3) is 41.3. The van der Waals surface area contributed by atoms with Crippen LogP contribution in [0.2, 0.25) is 0 Å². The Hall–Kier alpha value is 0.537. The molecule has 0 saturated heterocycles. The molecule has 0 radical (unpaired) electrons. The summed E-state index contributed by atoms with van der Waals surface area (Å²) in [5.41, 5.74) is 0. The molecule has 6 heteroatoms. The molecule has 0 aliphatic carbocycles. The van der Waals surface area contributed by atoms with Crippen molar-refractivity contribution >= 4 is 11.9 Å². The molecular formula is C25H50LiNaO4. The fourth-order valence-electron chi connectivity index (χ4n) is 3.41. The van der Waals surface area contributed by atoms with E-state index in [2.05, 4.69) is 20.8 Å². The Morgan fingerprint density at radius 2 is 0.903 bits per heavy atom. The standard InChI is InChI=1S/C22H45.C3H4O4.Li.Na.H/c1-4-6-8-10-12-14-16-18-20-22(3)21-19-17-15-13-11-9-7-5-2;4-2(5)1-3(6)7;;;/h22H,3-21H2,1-2H3;1H2,(H,4,5)(H,6,7);;;/q-1;;2*+1;-1. The Morgan fingerprint density at radius 1 is 0.645 bits per heavy atom. The van der Waals surface area contributed by atoms with Gasteiger partial charge < -0.3 is 18.6 Å². The molecule has 4 nitrogen and oxygen atoms in total. The van der Waals surface area contributed by atoms with Crippen LogP contribution in [0.4, 0.5) is 0 Å². The van der Waals surface area contributed by atoms with Gasteiger partial charge in [0.15, 0.2) is 0 Å². The first-order valence-electron chi connectivity index (χ1n) is 12.2. The first-order valence-corrected chi connectivity index (χ1v) is 12.2. The van der Waals surface area contributed by atoms with Gasteiger partial charge in [0.25, 0.3) is 0 Å². The van der Waals surface area contributed by atoms with E-state index in [1.165, 1.54) is 116 Å². The van der Waals surface area contributed by atoms with E-state index in [0.29, 0.717) is 0 Å². The maximum atomic E-state index is 9.43. The zero-order valence-electron chi connectivity index (χ0n) is 22.4. The smallest absolute Gasteiger partial charge is 1.00 e. The van der Waals surface area contributed by atoms with Gasteiger partial charge in [-0.15, -0.1) is 0 Å². The molecule has 0 atom stereocenters. The van der Waals surface area contributed by atoms with Crippen LogP contribution in [0, 0.1) is 12.8 Å². The molecule has 0 spiro atoms. The van der Waals surface area contributed by atoms with Crippen LogP contribution in [0.15, 0.2) is 0 Å². The molecule has 0 bridgehead atoms. The number of aliphatic carboxylic acids is 2. The predicted octanol–water partition coefficient (Wildman–Crippen LogP) is 2.16. The number of carboxylic acid groups (broad SMARTS) is 2. The number of carboxylic acids is 2. The first-order chi connectivity index (χ1) is 13.9. The van der Waals surface area contributed by atoms with Crippen LogP contribution in [0.5, 0.6) is 0 Å². The van der Waals surface area contributed by atoms with E-state index in [9.17, 15) is 9.59 Å². The fraction of sp³-hybridized carbons (Fsp3) is 0.880. The van der Waals surface area contributed by atoms with Gasteiger partial charge in [-0.2, -0.15) is 5.92 Å². The average Bonchev–Trinajstić information content (AvgIpc) is 2.65. The van der Waals surface area contributed by atoms with Crippen molar-refractivity contribution in [2.24, 2.45) is 5.92 Å². The predicted molar refractivity (Wildman–Crippen MR) is 124 cm³/mol. The van der Waals surface area contributed by atoms with Gasteiger partial charge in [0.2, 0.25) is 0 Å². The summed E-state index contributed by atoms with van der Waals surface area (Å²) in [6, 6.07) is 0. The van der Waals surface area contributed by atoms with Crippen LogP contribution < -0.4 is 48.4 Å². The fourth-order valence-corrected chi connectivity index (χ4v) is 3.41. The van der Waals surface area contributed by atoms with Crippen molar-refractivity contribution in [1.29, 1.82) is 0 Å². The second-order valence-corrected chi connectivity index (χ2v) is 8.36. The molecule has 0 aliphatic heterocycles. The molecule has 0 aromatic heterocycles. The Labute approximate surface area is 229 Å². The normalized spacial score (nSPS) is 9.94. The summed E-state index contributed by atoms with van der Waals surface area (Å²) in [5.74, 6) is -1.90. The van der Waals surface area contributed by atoms with Crippen LogP contribution in [-0.2, 0) is 9.59 Å². The maximum Gasteiger partial charge on any atom is 1.00 e. The van der Waals surface area contributed by atoms with Gasteiger partial charge in [0.1, 0.15) is 6.42 Å². The zero-order chi connectivity index (χ0) is 22.2. The van der Waals surface area contributed by atoms with Crippen molar-refractivity contribution in [3.63, 3.8) is 0 Å². The second kappa shape index (κ2) is 32.7. The summed E-state index contributed by atoms with van der Waals surface area (Å²) in [6.45, 7) is 8.94. The summed E-state index contributed by atoms with van der Waals surface area (Å²) in [4.78, 5) is 18.9. The minimum Gasteiger partial charge on any atom is -1.00 e. The SMILES string of the molecule is O=C(O)CC(=O)O.[CH2-]C(CCCCCCCCCC)CCCCCCCCCC.[H-].[Li+].[Na+]. The Balaban J connectivity index is -0.000000211. The minimum atomic E-state index is -1.31. The third-order valence-electron chi connectivity index (χ3n) is 5.23. The molecule has 176 valence electrons. The molecule has 0 unspecified atom stereocenters. The molecule has 0 saturated carbocycles. The molecule has 0 amide bonds. The quantitative estimate of drug-likeness (QED) is 0.131. The third-order valence-corrected chi connectivity index (χ3v) is 5.23. The summed E-state index contributed by atoms with van der Waals surface area (Å²) in [5, 5.41) is 15.4. The van der Waals surface area contributed by atoms with Crippen LogP contribution in [0.25, 0.3) is 0 Å². The summed E-state index contributed by atoms with van der Waals surface area (Å²) < 4.78 is 0. The molecule has 0 fully saturated rings. The zero-order valence-corrected chi connectivity index (χ0v) is 23.4. The first kappa shape index (κ1) is 38.8. The van der Waals surface area contributed by atoms with Crippen molar-refractivity contribution in [1.82, 2.24) is 0 Å². The number of carbonyl (C=O) groups is 2. The van der Waals surface area contributed by atoms with Gasteiger partial charge in [0.05, 0.1) is 0 Å². The van der Waals surface area contributed by atoms with Crippen LogP contribution >= 0.6 is 0 Å². The van der Waals surface area contributed by atoms with E-state index in [-0.39, 0.29) is 49.8 Å². The van der Waals surface area contributed by atoms with E-state index in [4.69, 9.17) is 10.2 Å². The molecular weight excluding hydrogens is 394 g/mol. The average molecular weight is 445 g/mol. The van der Waals surface area contributed by atoms with Gasteiger partial charge in [-0.3, -0.25) is 9.59 Å². The molecule has 31 heavy (non-hydrogen) atoms. The van der Waals surface area contributed by atoms with Crippen molar-refractivity contribution in [3.8, 4) is 0 Å². The minimum absolute atomic E-state index is 0. The molecule has 0 aliphatic rings. The number of unbranched alkanes of at least 4 members (excludes halogenated alkanes) is 14. The van der Waals surface area contributed by atoms with Gasteiger partial charge in [-0.05, 0) is 0 Å². The summed E-state index contributed by atoms with van der Waals surface area (Å²) >= 11 is 0. The Kier molecular flexibility index (Phi) is 40.9. The van der Waals surface area contributed by atoms with E-state index < -0.39 is 18.4 Å². The summed E-state index contributed by atoms with van der Waals surface area (Å²) in [7, 11) is 0. The van der Waals surface area contributed by atoms with Gasteiger partial charge >= 0.3 is 60.4 Å². The van der Waals surface area contributed by atoms with Crippen molar-refractivity contribution < 1.29 is 69.6 Å². The molecule has 0 heterocycles. The Bertz CT molecular complexity index is 342. The van der Waals surface area contributed by atoms with Crippen molar-refractivity contribution in [2.75, 3.05) is 0 Å². The molecule has 0 aromatic rings. The maximum absolute atomic E-state index is 9.43. The largest absolute Gasteiger partial charge is 1.00 e. The van der Waals surface area contributed by atoms with Crippen molar-refractivity contribution in [2.45, 2.75) is 136 Å². The monoisotopic (exact) mass is 444 g/mol. The Morgan fingerprint density at radius 3 is 1.13 bits per heavy atom.